The molecule has 0 radical (unpaired) electrons. The monoisotopic (exact) mass is 401 g/mol. The highest BCUT2D eigenvalue weighted by Crippen LogP contribution is 2.29. The summed E-state index contributed by atoms with van der Waals surface area (Å²) in [5, 5.41) is 0. The predicted octanol–water partition coefficient (Wildman–Crippen LogP) is 9.26. The Morgan fingerprint density at radius 1 is 0.733 bits per heavy atom. The smallest absolute Gasteiger partial charge is 0.0461 e. The van der Waals surface area contributed by atoms with E-state index >= 15 is 0 Å². The van der Waals surface area contributed by atoms with E-state index in [1.54, 1.807) is 6.08 Å². The van der Waals surface area contributed by atoms with Gasteiger partial charge in [0.25, 0.3) is 0 Å². The Labute approximate surface area is 185 Å². The van der Waals surface area contributed by atoms with Crippen LogP contribution in [0.4, 0.5) is 5.69 Å². The first-order valence-electron chi connectivity index (χ1n) is 10.9. The zero-order chi connectivity index (χ0) is 22.9. The molecule has 2 rings (SSSR count). The highest BCUT2D eigenvalue weighted by molar-refractivity contribution is 5.70. The van der Waals surface area contributed by atoms with Crippen LogP contribution in [0.1, 0.15) is 47.1 Å². The molecule has 30 heavy (non-hydrogen) atoms. The molecular formula is C29H39N. The summed E-state index contributed by atoms with van der Waals surface area (Å²) in [4.78, 5) is 2.19. The second-order valence-corrected chi connectivity index (χ2v) is 5.97. The molecule has 0 unspecified atom stereocenters. The molecule has 0 saturated heterocycles. The Morgan fingerprint density at radius 3 is 1.60 bits per heavy atom. The lowest BCUT2D eigenvalue weighted by Gasteiger charge is -2.27. The molecule has 2 aromatic carbocycles. The minimum atomic E-state index is 1.04. The van der Waals surface area contributed by atoms with Gasteiger partial charge in [-0.15, -0.1) is 0 Å². The number of hydrogen-bond donors (Lipinski definition) is 0. The lowest BCUT2D eigenvalue weighted by Crippen LogP contribution is -2.19. The molecule has 0 bridgehead atoms. The lowest BCUT2D eigenvalue weighted by molar-refractivity contribution is 1.13. The van der Waals surface area contributed by atoms with Crippen LogP contribution in [0.3, 0.4) is 0 Å². The minimum absolute atomic E-state index is 1.04. The summed E-state index contributed by atoms with van der Waals surface area (Å²) < 4.78 is 0. The first kappa shape index (κ1) is 26.9. The van der Waals surface area contributed by atoms with Gasteiger partial charge in [0, 0.05) is 17.1 Å². The molecule has 0 aliphatic carbocycles. The Bertz CT molecular complexity index is 831. The molecule has 0 aliphatic heterocycles. The van der Waals surface area contributed by atoms with Crippen molar-refractivity contribution in [1.29, 1.82) is 0 Å². The van der Waals surface area contributed by atoms with Crippen LogP contribution in [0.2, 0.25) is 0 Å². The maximum Gasteiger partial charge on any atom is 0.0461 e. The Kier molecular flexibility index (Phi) is 14.2. The molecule has 0 amide bonds. The van der Waals surface area contributed by atoms with E-state index in [2.05, 4.69) is 85.7 Å². The molecule has 0 N–H and O–H groups in total. The van der Waals surface area contributed by atoms with Gasteiger partial charge >= 0.3 is 0 Å². The summed E-state index contributed by atoms with van der Waals surface area (Å²) in [6.45, 7) is 21.9. The standard InChI is InChI=1S/C25H27N.2C2H6/c1-6-10-11-24(9-4)26(23(7-2)8-3)25-18-16-22(17-19-25)21-14-12-20(5)13-15-21;2*1-2/h6-19H,1-2H2,3-5H3;2*1-2H3/b11-10-,23-8+,24-9+;;. The van der Waals surface area contributed by atoms with Crippen LogP contribution in [0.25, 0.3) is 11.1 Å². The van der Waals surface area contributed by atoms with E-state index in [4.69, 9.17) is 0 Å². The number of anilines is 1. The van der Waals surface area contributed by atoms with Gasteiger partial charge in [0.15, 0.2) is 0 Å². The van der Waals surface area contributed by atoms with Crippen LogP contribution in [0, 0.1) is 6.92 Å². The van der Waals surface area contributed by atoms with Gasteiger partial charge in [-0.25, -0.2) is 0 Å². The SMILES string of the molecule is C=C/C=C\C(=C/C)N(/C(C=C)=C/C)c1ccc(-c2ccc(C)cc2)cc1.CC.CC. The fraction of sp³-hybridized carbons (Fsp3) is 0.241. The number of benzene rings is 2. The van der Waals surface area contributed by atoms with Crippen molar-refractivity contribution >= 4 is 5.69 Å². The summed E-state index contributed by atoms with van der Waals surface area (Å²) in [5.41, 5.74) is 6.90. The summed E-state index contributed by atoms with van der Waals surface area (Å²) in [6, 6.07) is 17.2. The third-order valence-electron chi connectivity index (χ3n) is 4.23. The Balaban J connectivity index is 0.00000198. The molecule has 0 aliphatic rings. The van der Waals surface area contributed by atoms with Crippen LogP contribution in [-0.2, 0) is 0 Å². The van der Waals surface area contributed by atoms with Gasteiger partial charge in [0.1, 0.15) is 0 Å². The average molecular weight is 402 g/mol. The quantitative estimate of drug-likeness (QED) is 0.418. The molecule has 1 nitrogen and oxygen atoms in total. The number of nitrogens with zero attached hydrogens (tertiary/aromatic N) is 1. The van der Waals surface area contributed by atoms with E-state index in [1.807, 2.05) is 59.8 Å². The van der Waals surface area contributed by atoms with Crippen molar-refractivity contribution in [3.05, 3.63) is 115 Å². The van der Waals surface area contributed by atoms with Crippen LogP contribution >= 0.6 is 0 Å². The van der Waals surface area contributed by atoms with Crippen LogP contribution in [-0.4, -0.2) is 0 Å². The number of aryl methyl sites for hydroxylation is 1. The van der Waals surface area contributed by atoms with E-state index in [0.717, 1.165) is 17.1 Å². The molecule has 2 aromatic rings. The van der Waals surface area contributed by atoms with E-state index < -0.39 is 0 Å². The minimum Gasteiger partial charge on any atom is -0.311 e. The predicted molar refractivity (Wildman–Crippen MR) is 139 cm³/mol. The van der Waals surface area contributed by atoms with Gasteiger partial charge in [-0.3, -0.25) is 0 Å². The van der Waals surface area contributed by atoms with E-state index in [1.165, 1.54) is 16.7 Å². The molecule has 1 heteroatoms. The molecule has 0 aromatic heterocycles. The average Bonchev–Trinajstić information content (AvgIpc) is 2.82. The largest absolute Gasteiger partial charge is 0.311 e. The molecule has 0 atom stereocenters. The zero-order valence-corrected chi connectivity index (χ0v) is 19.9. The first-order chi connectivity index (χ1) is 14.6. The van der Waals surface area contributed by atoms with Crippen molar-refractivity contribution in [2.24, 2.45) is 0 Å². The van der Waals surface area contributed by atoms with Gasteiger partial charge in [-0.2, -0.15) is 0 Å². The summed E-state index contributed by atoms with van der Waals surface area (Å²) in [6.07, 6.45) is 11.8. The van der Waals surface area contributed by atoms with Gasteiger partial charge < -0.3 is 4.90 Å². The summed E-state index contributed by atoms with van der Waals surface area (Å²) in [5.74, 6) is 0. The van der Waals surface area contributed by atoms with E-state index in [9.17, 15) is 0 Å². The summed E-state index contributed by atoms with van der Waals surface area (Å²) >= 11 is 0. The fourth-order valence-corrected chi connectivity index (χ4v) is 2.80. The molecule has 0 heterocycles. The second kappa shape index (κ2) is 15.8. The van der Waals surface area contributed by atoms with Gasteiger partial charge in [0.05, 0.1) is 0 Å². The van der Waals surface area contributed by atoms with Crippen molar-refractivity contribution in [3.8, 4) is 11.1 Å². The highest BCUT2D eigenvalue weighted by Gasteiger charge is 2.12. The van der Waals surface area contributed by atoms with Crippen molar-refractivity contribution < 1.29 is 0 Å². The lowest BCUT2D eigenvalue weighted by atomic mass is 10.0. The normalized spacial score (nSPS) is 11.0. The zero-order valence-electron chi connectivity index (χ0n) is 19.9. The second-order valence-electron chi connectivity index (χ2n) is 5.97. The maximum absolute atomic E-state index is 3.97. The first-order valence-corrected chi connectivity index (χ1v) is 10.9. The van der Waals surface area contributed by atoms with Crippen molar-refractivity contribution in [1.82, 2.24) is 0 Å². The molecule has 0 saturated carbocycles. The Morgan fingerprint density at radius 2 is 1.20 bits per heavy atom. The number of rotatable bonds is 7. The third-order valence-corrected chi connectivity index (χ3v) is 4.23. The third kappa shape index (κ3) is 7.75. The highest BCUT2D eigenvalue weighted by atomic mass is 15.1. The molecule has 160 valence electrons. The van der Waals surface area contributed by atoms with Crippen molar-refractivity contribution in [2.75, 3.05) is 4.90 Å². The summed E-state index contributed by atoms with van der Waals surface area (Å²) in [7, 11) is 0. The number of allylic oxidation sites excluding steroid dienone is 6. The van der Waals surface area contributed by atoms with Crippen LogP contribution in [0.15, 0.2) is 110 Å². The van der Waals surface area contributed by atoms with Gasteiger partial charge in [-0.1, -0.05) is 107 Å². The van der Waals surface area contributed by atoms with Gasteiger partial charge in [0.2, 0.25) is 0 Å². The molecule has 0 spiro atoms. The van der Waals surface area contributed by atoms with Crippen molar-refractivity contribution in [2.45, 2.75) is 48.5 Å². The van der Waals surface area contributed by atoms with E-state index in [-0.39, 0.29) is 0 Å². The van der Waals surface area contributed by atoms with Crippen LogP contribution in [0.5, 0.6) is 0 Å². The Hall–Kier alpha value is -3.06. The molecular weight excluding hydrogens is 362 g/mol. The number of hydrogen-bond acceptors (Lipinski definition) is 1. The van der Waals surface area contributed by atoms with Gasteiger partial charge in [-0.05, 0) is 56.2 Å². The molecule has 0 fully saturated rings. The maximum atomic E-state index is 3.97. The van der Waals surface area contributed by atoms with E-state index in [0.29, 0.717) is 0 Å². The van der Waals surface area contributed by atoms with Crippen LogP contribution < -0.4 is 4.90 Å². The topological polar surface area (TPSA) is 3.24 Å². The fourth-order valence-electron chi connectivity index (χ4n) is 2.80. The van der Waals surface area contributed by atoms with Crippen molar-refractivity contribution in [3.63, 3.8) is 0 Å².